The lowest BCUT2D eigenvalue weighted by molar-refractivity contribution is -0.139. The van der Waals surface area contributed by atoms with Gasteiger partial charge in [-0.1, -0.05) is 0 Å². The van der Waals surface area contributed by atoms with E-state index in [1.807, 2.05) is 20.8 Å². The van der Waals surface area contributed by atoms with Gasteiger partial charge in [-0.2, -0.15) is 0 Å². The molecule has 0 radical (unpaired) electrons. The maximum Gasteiger partial charge on any atom is 0.418 e. The van der Waals surface area contributed by atoms with Crippen LogP contribution in [0.3, 0.4) is 0 Å². The molecule has 5 nitrogen and oxygen atoms in total. The Balaban J connectivity index is 2.69. The van der Waals surface area contributed by atoms with Gasteiger partial charge in [-0.05, 0) is 45.1 Å². The third kappa shape index (κ3) is 5.42. The molecular weight excluding hydrogens is 246 g/mol. The highest BCUT2D eigenvalue weighted by Gasteiger charge is 2.18. The monoisotopic (exact) mass is 265 g/mol. The number of nitrogens with zero attached hydrogens (tertiary/aromatic N) is 1. The molecule has 0 amide bonds. The van der Waals surface area contributed by atoms with Crippen LogP contribution in [-0.4, -0.2) is 28.8 Å². The zero-order chi connectivity index (χ0) is 14.5. The van der Waals surface area contributed by atoms with E-state index in [0.29, 0.717) is 5.69 Å². The lowest BCUT2D eigenvalue weighted by atomic mass is 10.2. The van der Waals surface area contributed by atoms with Gasteiger partial charge < -0.3 is 9.47 Å². The summed E-state index contributed by atoms with van der Waals surface area (Å²) in [6.07, 6.45) is 4.55. The molecule has 0 aromatic carbocycles. The van der Waals surface area contributed by atoms with E-state index < -0.39 is 11.7 Å². The minimum absolute atomic E-state index is 0.175. The molecule has 0 fully saturated rings. The highest BCUT2D eigenvalue weighted by molar-refractivity contribution is 5.74. The van der Waals surface area contributed by atoms with E-state index in [-0.39, 0.29) is 12.6 Å². The Labute approximate surface area is 112 Å². The van der Waals surface area contributed by atoms with Crippen LogP contribution in [0.5, 0.6) is 0 Å². The Hall–Kier alpha value is -2.04. The SMILES string of the molecule is CC(=O)OC/C=C/c1cccn1C(=O)OC(C)(C)C. The van der Waals surface area contributed by atoms with Crippen molar-refractivity contribution in [1.29, 1.82) is 0 Å². The van der Waals surface area contributed by atoms with Gasteiger partial charge in [0.05, 0.1) is 5.69 Å². The zero-order valence-electron chi connectivity index (χ0n) is 11.7. The number of hydrogen-bond donors (Lipinski definition) is 0. The van der Waals surface area contributed by atoms with E-state index >= 15 is 0 Å². The fourth-order valence-electron chi connectivity index (χ4n) is 1.34. The predicted molar refractivity (Wildman–Crippen MR) is 71.7 cm³/mol. The number of carbonyl (C=O) groups is 2. The smallest absolute Gasteiger partial charge is 0.418 e. The van der Waals surface area contributed by atoms with Crippen molar-refractivity contribution >= 4 is 18.1 Å². The molecule has 0 saturated carbocycles. The van der Waals surface area contributed by atoms with E-state index in [1.165, 1.54) is 11.5 Å². The van der Waals surface area contributed by atoms with Crippen LogP contribution in [0.1, 0.15) is 33.4 Å². The number of carbonyl (C=O) groups excluding carboxylic acids is 2. The molecule has 19 heavy (non-hydrogen) atoms. The second-order valence-corrected chi connectivity index (χ2v) is 4.99. The average molecular weight is 265 g/mol. The molecule has 1 aromatic rings. The maximum absolute atomic E-state index is 11.9. The van der Waals surface area contributed by atoms with E-state index in [9.17, 15) is 9.59 Å². The first-order valence-corrected chi connectivity index (χ1v) is 6.00. The van der Waals surface area contributed by atoms with Gasteiger partial charge in [0.25, 0.3) is 0 Å². The van der Waals surface area contributed by atoms with Crippen molar-refractivity contribution in [3.8, 4) is 0 Å². The van der Waals surface area contributed by atoms with Crippen LogP contribution in [0, 0.1) is 0 Å². The Kier molecular flexibility index (Phi) is 4.92. The van der Waals surface area contributed by atoms with Crippen molar-refractivity contribution in [2.24, 2.45) is 0 Å². The number of rotatable bonds is 3. The summed E-state index contributed by atoms with van der Waals surface area (Å²) >= 11 is 0. The van der Waals surface area contributed by atoms with Crippen LogP contribution in [-0.2, 0) is 14.3 Å². The maximum atomic E-state index is 11.9. The van der Waals surface area contributed by atoms with Crippen LogP contribution in [0.25, 0.3) is 6.08 Å². The lowest BCUT2D eigenvalue weighted by Crippen LogP contribution is -2.27. The minimum atomic E-state index is -0.542. The van der Waals surface area contributed by atoms with Crippen LogP contribution in [0.4, 0.5) is 4.79 Å². The summed E-state index contributed by atoms with van der Waals surface area (Å²) in [5, 5.41) is 0. The first kappa shape index (κ1) is 15.0. The summed E-state index contributed by atoms with van der Waals surface area (Å²) < 4.78 is 11.4. The molecule has 0 bridgehead atoms. The van der Waals surface area contributed by atoms with Gasteiger partial charge in [0.1, 0.15) is 12.2 Å². The third-order valence-electron chi connectivity index (χ3n) is 2.04. The van der Waals surface area contributed by atoms with Gasteiger partial charge in [-0.25, -0.2) is 4.79 Å². The van der Waals surface area contributed by atoms with Gasteiger partial charge >= 0.3 is 12.1 Å². The molecule has 0 spiro atoms. The molecule has 0 saturated heterocycles. The molecular formula is C14H19NO4. The van der Waals surface area contributed by atoms with Gasteiger partial charge in [0.2, 0.25) is 0 Å². The second kappa shape index (κ2) is 6.22. The topological polar surface area (TPSA) is 57.5 Å². The quantitative estimate of drug-likeness (QED) is 0.788. The minimum Gasteiger partial charge on any atom is -0.462 e. The fourth-order valence-corrected chi connectivity index (χ4v) is 1.34. The Morgan fingerprint density at radius 2 is 2.05 bits per heavy atom. The zero-order valence-corrected chi connectivity index (χ0v) is 11.7. The van der Waals surface area contributed by atoms with Gasteiger partial charge in [-0.15, -0.1) is 0 Å². The van der Waals surface area contributed by atoms with Crippen LogP contribution in [0.2, 0.25) is 0 Å². The van der Waals surface area contributed by atoms with Crippen molar-refractivity contribution in [3.05, 3.63) is 30.1 Å². The Bertz CT molecular complexity index is 480. The first-order valence-electron chi connectivity index (χ1n) is 6.00. The first-order chi connectivity index (χ1) is 8.79. The van der Waals surface area contributed by atoms with Crippen molar-refractivity contribution < 1.29 is 19.1 Å². The number of ether oxygens (including phenoxy) is 2. The number of esters is 1. The van der Waals surface area contributed by atoms with Crippen LogP contribution in [0.15, 0.2) is 24.4 Å². The highest BCUT2D eigenvalue weighted by Crippen LogP contribution is 2.12. The third-order valence-corrected chi connectivity index (χ3v) is 2.04. The van der Waals surface area contributed by atoms with Crippen LogP contribution < -0.4 is 0 Å². The van der Waals surface area contributed by atoms with Gasteiger partial charge in [-0.3, -0.25) is 9.36 Å². The predicted octanol–water partition coefficient (Wildman–Crippen LogP) is 2.85. The number of hydrogen-bond acceptors (Lipinski definition) is 4. The standard InChI is InChI=1S/C14H19NO4/c1-11(16)18-10-6-8-12-7-5-9-15(12)13(17)19-14(2,3)4/h5-9H,10H2,1-4H3/b8-6+. The molecule has 0 aliphatic carbocycles. The molecule has 0 N–H and O–H groups in total. The van der Waals surface area contributed by atoms with E-state index in [1.54, 1.807) is 30.5 Å². The number of aromatic nitrogens is 1. The van der Waals surface area contributed by atoms with Crippen molar-refractivity contribution in [2.45, 2.75) is 33.3 Å². The van der Waals surface area contributed by atoms with E-state index in [4.69, 9.17) is 9.47 Å². The normalized spacial score (nSPS) is 11.6. The largest absolute Gasteiger partial charge is 0.462 e. The van der Waals surface area contributed by atoms with Crippen molar-refractivity contribution in [1.82, 2.24) is 4.57 Å². The molecule has 1 heterocycles. The Morgan fingerprint density at radius 3 is 2.63 bits per heavy atom. The summed E-state index contributed by atoms with van der Waals surface area (Å²) in [6, 6.07) is 3.52. The molecule has 0 aliphatic heterocycles. The summed E-state index contributed by atoms with van der Waals surface area (Å²) in [5.41, 5.74) is 0.126. The molecule has 0 unspecified atom stereocenters. The second-order valence-electron chi connectivity index (χ2n) is 4.99. The van der Waals surface area contributed by atoms with E-state index in [0.717, 1.165) is 0 Å². The molecule has 1 aromatic heterocycles. The molecule has 104 valence electrons. The molecule has 5 heteroatoms. The molecule has 1 rings (SSSR count). The summed E-state index contributed by atoms with van der Waals surface area (Å²) in [7, 11) is 0. The Morgan fingerprint density at radius 1 is 1.37 bits per heavy atom. The van der Waals surface area contributed by atoms with E-state index in [2.05, 4.69) is 0 Å². The van der Waals surface area contributed by atoms with Crippen molar-refractivity contribution in [3.63, 3.8) is 0 Å². The van der Waals surface area contributed by atoms with Gasteiger partial charge in [0, 0.05) is 13.1 Å². The molecule has 0 atom stereocenters. The fraction of sp³-hybridized carbons (Fsp3) is 0.429. The highest BCUT2D eigenvalue weighted by atomic mass is 16.6. The van der Waals surface area contributed by atoms with Crippen molar-refractivity contribution in [2.75, 3.05) is 6.61 Å². The summed E-state index contributed by atoms with van der Waals surface area (Å²) in [4.78, 5) is 22.5. The van der Waals surface area contributed by atoms with Crippen LogP contribution >= 0.6 is 0 Å². The lowest BCUT2D eigenvalue weighted by Gasteiger charge is -2.20. The average Bonchev–Trinajstić information content (AvgIpc) is 2.69. The molecule has 0 aliphatic rings. The summed E-state index contributed by atoms with van der Waals surface area (Å²) in [6.45, 7) is 6.95. The summed E-state index contributed by atoms with van der Waals surface area (Å²) in [5.74, 6) is -0.341. The van der Waals surface area contributed by atoms with Gasteiger partial charge in [0.15, 0.2) is 0 Å².